The van der Waals surface area contributed by atoms with E-state index in [0.717, 1.165) is 0 Å². The average molecular weight is 242 g/mol. The number of hydrogen-bond donors (Lipinski definition) is 2. The summed E-state index contributed by atoms with van der Waals surface area (Å²) in [6.45, 7) is 3.66. The van der Waals surface area contributed by atoms with E-state index in [0.29, 0.717) is 5.75 Å². The number of rotatable bonds is 5. The van der Waals surface area contributed by atoms with Crippen LogP contribution < -0.4 is 4.74 Å². The van der Waals surface area contributed by atoms with E-state index in [1.165, 1.54) is 12.1 Å². The van der Waals surface area contributed by atoms with Crippen LogP contribution in [-0.4, -0.2) is 28.5 Å². The summed E-state index contributed by atoms with van der Waals surface area (Å²) in [4.78, 5) is 10.4. The molecule has 0 aliphatic heterocycles. The lowest BCUT2D eigenvalue weighted by Gasteiger charge is -2.15. The molecular formula is C12H15FO4. The van der Waals surface area contributed by atoms with Crippen LogP contribution in [0.1, 0.15) is 25.5 Å². The molecule has 0 saturated carbocycles. The van der Waals surface area contributed by atoms with E-state index in [-0.39, 0.29) is 11.7 Å². The maximum atomic E-state index is 13.1. The Morgan fingerprint density at radius 2 is 2.06 bits per heavy atom. The van der Waals surface area contributed by atoms with Gasteiger partial charge in [0.1, 0.15) is 11.9 Å². The van der Waals surface area contributed by atoms with Crippen LogP contribution in [-0.2, 0) is 4.79 Å². The number of alkyl halides is 1. The molecule has 0 saturated heterocycles. The van der Waals surface area contributed by atoms with E-state index in [1.54, 1.807) is 12.1 Å². The molecule has 17 heavy (non-hydrogen) atoms. The molecule has 4 nitrogen and oxygen atoms in total. The van der Waals surface area contributed by atoms with Gasteiger partial charge in [-0.1, -0.05) is 12.1 Å². The number of aliphatic hydroxyl groups excluding tert-OH is 1. The molecule has 0 aliphatic rings. The summed E-state index contributed by atoms with van der Waals surface area (Å²) in [6.07, 6.45) is -4.09. The molecule has 2 unspecified atom stereocenters. The lowest BCUT2D eigenvalue weighted by Crippen LogP contribution is -2.23. The number of halogens is 1. The predicted octanol–water partition coefficient (Wildman–Crippen LogP) is 1.93. The van der Waals surface area contributed by atoms with Gasteiger partial charge in [0.05, 0.1) is 6.10 Å². The number of carbonyl (C=O) groups is 1. The fraction of sp³-hybridized carbons (Fsp3) is 0.417. The van der Waals surface area contributed by atoms with Crippen LogP contribution >= 0.6 is 0 Å². The highest BCUT2D eigenvalue weighted by molar-refractivity contribution is 5.73. The predicted molar refractivity (Wildman–Crippen MR) is 59.7 cm³/mol. The first-order chi connectivity index (χ1) is 7.91. The number of benzene rings is 1. The molecular weight excluding hydrogens is 227 g/mol. The van der Waals surface area contributed by atoms with Crippen LogP contribution in [0.5, 0.6) is 5.75 Å². The molecule has 0 heterocycles. The average Bonchev–Trinajstić information content (AvgIpc) is 2.26. The first kappa shape index (κ1) is 13.4. The van der Waals surface area contributed by atoms with Crippen molar-refractivity contribution in [2.75, 3.05) is 0 Å². The first-order valence-corrected chi connectivity index (χ1v) is 5.23. The maximum Gasteiger partial charge on any atom is 0.341 e. The zero-order valence-corrected chi connectivity index (χ0v) is 9.63. The highest BCUT2D eigenvalue weighted by atomic mass is 19.1. The van der Waals surface area contributed by atoms with Gasteiger partial charge in [0, 0.05) is 0 Å². The Balaban J connectivity index is 2.87. The number of aliphatic carboxylic acids is 1. The molecule has 0 spiro atoms. The Labute approximate surface area is 98.7 Å². The van der Waals surface area contributed by atoms with Crippen molar-refractivity contribution < 1.29 is 24.1 Å². The molecule has 2 N–H and O–H groups in total. The first-order valence-electron chi connectivity index (χ1n) is 5.23. The minimum absolute atomic E-state index is 0.0527. The third-order valence-corrected chi connectivity index (χ3v) is 2.08. The topological polar surface area (TPSA) is 66.8 Å². The smallest absolute Gasteiger partial charge is 0.341 e. The Hall–Kier alpha value is -1.62. The molecule has 0 fully saturated rings. The fourth-order valence-corrected chi connectivity index (χ4v) is 1.35. The Morgan fingerprint density at radius 1 is 1.41 bits per heavy atom. The quantitative estimate of drug-likeness (QED) is 0.828. The zero-order chi connectivity index (χ0) is 13.0. The van der Waals surface area contributed by atoms with Gasteiger partial charge in [0.2, 0.25) is 6.17 Å². The lowest BCUT2D eigenvalue weighted by atomic mass is 10.1. The van der Waals surface area contributed by atoms with Gasteiger partial charge in [-0.2, -0.15) is 0 Å². The van der Waals surface area contributed by atoms with E-state index >= 15 is 0 Å². The number of aliphatic hydroxyl groups is 1. The lowest BCUT2D eigenvalue weighted by molar-refractivity contribution is -0.147. The Morgan fingerprint density at radius 3 is 2.59 bits per heavy atom. The van der Waals surface area contributed by atoms with Crippen LogP contribution in [0.25, 0.3) is 0 Å². The van der Waals surface area contributed by atoms with Crippen molar-refractivity contribution in [2.24, 2.45) is 0 Å². The van der Waals surface area contributed by atoms with Crippen LogP contribution in [0, 0.1) is 0 Å². The van der Waals surface area contributed by atoms with Gasteiger partial charge in [0.15, 0.2) is 0 Å². The third-order valence-electron chi connectivity index (χ3n) is 2.08. The van der Waals surface area contributed by atoms with E-state index in [4.69, 9.17) is 9.84 Å². The van der Waals surface area contributed by atoms with Crippen LogP contribution in [0.2, 0.25) is 0 Å². The zero-order valence-electron chi connectivity index (χ0n) is 9.63. The Kier molecular flexibility index (Phi) is 4.45. The summed E-state index contributed by atoms with van der Waals surface area (Å²) in [5.41, 5.74) is 0.179. The van der Waals surface area contributed by atoms with Crippen molar-refractivity contribution >= 4 is 5.97 Å². The normalized spacial score (nSPS) is 14.4. The molecule has 0 aliphatic carbocycles. The summed E-state index contributed by atoms with van der Waals surface area (Å²) in [6, 6.07) is 6.11. The Bertz CT molecular complexity index is 392. The van der Waals surface area contributed by atoms with Gasteiger partial charge in [-0.3, -0.25) is 0 Å². The largest absolute Gasteiger partial charge is 0.491 e. The van der Waals surface area contributed by atoms with Crippen molar-refractivity contribution in [1.29, 1.82) is 0 Å². The third kappa shape index (κ3) is 3.71. The number of carboxylic acid groups (broad SMARTS) is 1. The van der Waals surface area contributed by atoms with Crippen molar-refractivity contribution in [1.82, 2.24) is 0 Å². The highest BCUT2D eigenvalue weighted by Gasteiger charge is 2.27. The molecule has 0 aromatic heterocycles. The molecule has 1 aromatic carbocycles. The van der Waals surface area contributed by atoms with E-state index in [1.807, 2.05) is 13.8 Å². The van der Waals surface area contributed by atoms with E-state index in [9.17, 15) is 14.3 Å². The standard InChI is InChI=1S/C12H15FO4/c1-7(2)17-9-5-3-4-8(6-9)11(14)10(13)12(15)16/h3-7,10-11,14H,1-2H3,(H,15,16). The van der Waals surface area contributed by atoms with Crippen molar-refractivity contribution in [2.45, 2.75) is 32.2 Å². The summed E-state index contributed by atoms with van der Waals surface area (Å²) in [7, 11) is 0. The van der Waals surface area contributed by atoms with Crippen LogP contribution in [0.3, 0.4) is 0 Å². The van der Waals surface area contributed by atoms with Crippen molar-refractivity contribution in [3.8, 4) is 5.75 Å². The van der Waals surface area contributed by atoms with Gasteiger partial charge in [-0.05, 0) is 31.5 Å². The van der Waals surface area contributed by atoms with Gasteiger partial charge in [0.25, 0.3) is 0 Å². The summed E-state index contributed by atoms with van der Waals surface area (Å²) >= 11 is 0. The second-order valence-corrected chi connectivity index (χ2v) is 3.92. The molecule has 1 rings (SSSR count). The van der Waals surface area contributed by atoms with Crippen molar-refractivity contribution in [3.63, 3.8) is 0 Å². The van der Waals surface area contributed by atoms with Crippen LogP contribution in [0.15, 0.2) is 24.3 Å². The van der Waals surface area contributed by atoms with Gasteiger partial charge in [-0.25, -0.2) is 9.18 Å². The molecule has 5 heteroatoms. The number of carboxylic acids is 1. The van der Waals surface area contributed by atoms with Gasteiger partial charge < -0.3 is 14.9 Å². The second kappa shape index (κ2) is 5.63. The molecule has 0 radical (unpaired) electrons. The molecule has 2 atom stereocenters. The summed E-state index contributed by atoms with van der Waals surface area (Å²) in [5.74, 6) is -1.22. The second-order valence-electron chi connectivity index (χ2n) is 3.92. The molecule has 0 bridgehead atoms. The van der Waals surface area contributed by atoms with Gasteiger partial charge in [-0.15, -0.1) is 0 Å². The highest BCUT2D eigenvalue weighted by Crippen LogP contribution is 2.24. The SMILES string of the molecule is CC(C)Oc1cccc(C(O)C(F)C(=O)O)c1. The number of ether oxygens (including phenoxy) is 1. The van der Waals surface area contributed by atoms with Gasteiger partial charge >= 0.3 is 5.97 Å². The maximum absolute atomic E-state index is 13.1. The summed E-state index contributed by atoms with van der Waals surface area (Å²) in [5, 5.41) is 18.0. The number of hydrogen-bond acceptors (Lipinski definition) is 3. The van der Waals surface area contributed by atoms with Crippen molar-refractivity contribution in [3.05, 3.63) is 29.8 Å². The summed E-state index contributed by atoms with van der Waals surface area (Å²) < 4.78 is 18.5. The monoisotopic (exact) mass is 242 g/mol. The fourth-order valence-electron chi connectivity index (χ4n) is 1.35. The molecule has 1 aromatic rings. The molecule has 94 valence electrons. The van der Waals surface area contributed by atoms with Crippen LogP contribution in [0.4, 0.5) is 4.39 Å². The minimum Gasteiger partial charge on any atom is -0.491 e. The van der Waals surface area contributed by atoms with E-state index < -0.39 is 18.2 Å². The molecule has 0 amide bonds. The van der Waals surface area contributed by atoms with E-state index in [2.05, 4.69) is 0 Å². The minimum atomic E-state index is -2.34.